The highest BCUT2D eigenvalue weighted by Crippen LogP contribution is 2.23. The van der Waals surface area contributed by atoms with Gasteiger partial charge in [-0.25, -0.2) is 9.59 Å². The fourth-order valence-electron chi connectivity index (χ4n) is 1.61. The first-order valence-corrected chi connectivity index (χ1v) is 6.25. The highest BCUT2D eigenvalue weighted by molar-refractivity contribution is 6.34. The molecule has 0 aromatic heterocycles. The molecule has 0 spiro atoms. The van der Waals surface area contributed by atoms with Crippen molar-refractivity contribution in [2.24, 2.45) is 0 Å². The van der Waals surface area contributed by atoms with Crippen molar-refractivity contribution in [2.75, 3.05) is 18.9 Å². The first-order chi connectivity index (χ1) is 9.10. The Morgan fingerprint density at radius 3 is 2.45 bits per heavy atom. The van der Waals surface area contributed by atoms with Gasteiger partial charge in [-0.1, -0.05) is 11.6 Å². The van der Waals surface area contributed by atoms with Crippen molar-refractivity contribution in [3.05, 3.63) is 28.8 Å². The molecule has 1 aromatic carbocycles. The molecule has 110 valence electrons. The van der Waals surface area contributed by atoms with Gasteiger partial charge in [0, 0.05) is 7.05 Å². The minimum atomic E-state index is -1.09. The molecule has 0 bridgehead atoms. The molecule has 0 heterocycles. The molecular weight excluding hydrogens is 284 g/mol. The lowest BCUT2D eigenvalue weighted by Gasteiger charge is -2.25. The van der Waals surface area contributed by atoms with Gasteiger partial charge in [-0.3, -0.25) is 0 Å². The van der Waals surface area contributed by atoms with Crippen molar-refractivity contribution in [3.8, 4) is 0 Å². The molecule has 0 aliphatic carbocycles. The van der Waals surface area contributed by atoms with Crippen molar-refractivity contribution < 1.29 is 19.8 Å². The van der Waals surface area contributed by atoms with Crippen LogP contribution >= 0.6 is 11.6 Å². The average Bonchev–Trinajstić information content (AvgIpc) is 2.29. The number of nitrogens with zero attached hydrogens (tertiary/aromatic N) is 1. The fourth-order valence-corrected chi connectivity index (χ4v) is 1.84. The Balaban J connectivity index is 2.78. The van der Waals surface area contributed by atoms with Crippen LogP contribution in [0.25, 0.3) is 0 Å². The maximum absolute atomic E-state index is 11.9. The number of carboxylic acids is 1. The van der Waals surface area contributed by atoms with Crippen LogP contribution in [-0.4, -0.2) is 46.3 Å². The molecule has 0 fully saturated rings. The molecule has 0 unspecified atom stereocenters. The second kappa shape index (κ2) is 6.11. The summed E-state index contributed by atoms with van der Waals surface area (Å²) in [7, 11) is 1.53. The molecule has 0 saturated carbocycles. The van der Waals surface area contributed by atoms with Gasteiger partial charge in [0.1, 0.15) is 0 Å². The Labute approximate surface area is 122 Å². The lowest BCUT2D eigenvalue weighted by molar-refractivity contribution is 0.0550. The molecule has 1 aromatic rings. The van der Waals surface area contributed by atoms with E-state index in [-0.39, 0.29) is 17.1 Å². The van der Waals surface area contributed by atoms with E-state index in [1.54, 1.807) is 13.8 Å². The quantitative estimate of drug-likeness (QED) is 0.795. The third kappa shape index (κ3) is 4.71. The summed E-state index contributed by atoms with van der Waals surface area (Å²) in [4.78, 5) is 24.0. The number of halogens is 1. The lowest BCUT2D eigenvalue weighted by Crippen LogP contribution is -2.41. The highest BCUT2D eigenvalue weighted by Gasteiger charge is 2.20. The number of nitrogens with one attached hydrogen (secondary N) is 1. The number of amides is 2. The van der Waals surface area contributed by atoms with Crippen LogP contribution in [0.4, 0.5) is 10.5 Å². The minimum absolute atomic E-state index is 0.0397. The second-order valence-electron chi connectivity index (χ2n) is 5.10. The van der Waals surface area contributed by atoms with E-state index in [0.717, 1.165) is 0 Å². The number of aliphatic hydroxyl groups is 1. The van der Waals surface area contributed by atoms with Crippen LogP contribution in [0.2, 0.25) is 5.02 Å². The predicted molar refractivity (Wildman–Crippen MR) is 76.4 cm³/mol. The number of urea groups is 1. The standard InChI is InChI=1S/C13H17ClN2O4/c1-13(2,20)7-16(3)12(19)15-10-5-4-8(11(17)18)6-9(10)14/h4-6,20H,7H2,1-3H3,(H,15,19)(H,17,18). The van der Waals surface area contributed by atoms with Crippen LogP contribution in [0.1, 0.15) is 24.2 Å². The van der Waals surface area contributed by atoms with Crippen LogP contribution in [0.15, 0.2) is 18.2 Å². The van der Waals surface area contributed by atoms with E-state index >= 15 is 0 Å². The van der Waals surface area contributed by atoms with Gasteiger partial charge in [-0.05, 0) is 32.0 Å². The number of carbonyl (C=O) groups is 2. The number of benzene rings is 1. The molecule has 1 rings (SSSR count). The average molecular weight is 301 g/mol. The monoisotopic (exact) mass is 300 g/mol. The van der Waals surface area contributed by atoms with Crippen molar-refractivity contribution in [1.82, 2.24) is 4.90 Å². The van der Waals surface area contributed by atoms with Gasteiger partial charge >= 0.3 is 12.0 Å². The predicted octanol–water partition coefficient (Wildman–Crippen LogP) is 2.27. The zero-order valence-electron chi connectivity index (χ0n) is 11.5. The number of aromatic carboxylic acids is 1. The van der Waals surface area contributed by atoms with Crippen molar-refractivity contribution in [1.29, 1.82) is 0 Å². The Morgan fingerprint density at radius 1 is 1.40 bits per heavy atom. The number of carboxylic acid groups (broad SMARTS) is 1. The molecule has 7 heteroatoms. The summed E-state index contributed by atoms with van der Waals surface area (Å²) < 4.78 is 0. The van der Waals surface area contributed by atoms with E-state index in [1.807, 2.05) is 0 Å². The van der Waals surface area contributed by atoms with Crippen LogP contribution < -0.4 is 5.32 Å². The van der Waals surface area contributed by atoms with Gasteiger partial charge in [-0.2, -0.15) is 0 Å². The third-order valence-corrected chi connectivity index (χ3v) is 2.74. The number of hydrogen-bond acceptors (Lipinski definition) is 3. The molecule has 0 aliphatic rings. The van der Waals surface area contributed by atoms with E-state index in [9.17, 15) is 14.7 Å². The molecule has 20 heavy (non-hydrogen) atoms. The van der Waals surface area contributed by atoms with Gasteiger partial charge in [0.25, 0.3) is 0 Å². The summed E-state index contributed by atoms with van der Waals surface area (Å²) in [5, 5.41) is 21.1. The Hall–Kier alpha value is -1.79. The number of rotatable bonds is 4. The topological polar surface area (TPSA) is 89.9 Å². The maximum Gasteiger partial charge on any atom is 0.335 e. The van der Waals surface area contributed by atoms with Crippen LogP contribution in [0.5, 0.6) is 0 Å². The Kier molecular flexibility index (Phi) is 4.97. The van der Waals surface area contributed by atoms with Crippen molar-refractivity contribution >= 4 is 29.3 Å². The Morgan fingerprint density at radius 2 is 2.00 bits per heavy atom. The fraction of sp³-hybridized carbons (Fsp3) is 0.385. The van der Waals surface area contributed by atoms with Crippen LogP contribution in [0, 0.1) is 0 Å². The largest absolute Gasteiger partial charge is 0.478 e. The van der Waals surface area contributed by atoms with E-state index in [4.69, 9.17) is 16.7 Å². The normalized spacial score (nSPS) is 11.1. The highest BCUT2D eigenvalue weighted by atomic mass is 35.5. The molecule has 3 N–H and O–H groups in total. The molecule has 0 aliphatic heterocycles. The molecule has 0 radical (unpaired) electrons. The maximum atomic E-state index is 11.9. The second-order valence-corrected chi connectivity index (χ2v) is 5.51. The summed E-state index contributed by atoms with van der Waals surface area (Å²) in [5.74, 6) is -1.09. The summed E-state index contributed by atoms with van der Waals surface area (Å²) in [6.45, 7) is 3.32. The van der Waals surface area contributed by atoms with Crippen molar-refractivity contribution in [3.63, 3.8) is 0 Å². The first kappa shape index (κ1) is 16.3. The molecule has 0 saturated heterocycles. The van der Waals surface area contributed by atoms with Gasteiger partial charge in [0.2, 0.25) is 0 Å². The number of likely N-dealkylation sites (N-methyl/N-ethyl adjacent to an activating group) is 1. The van der Waals surface area contributed by atoms with Gasteiger partial charge in [0.05, 0.1) is 28.4 Å². The number of anilines is 1. The summed E-state index contributed by atoms with van der Waals surface area (Å²) >= 11 is 5.91. The van der Waals surface area contributed by atoms with E-state index < -0.39 is 17.6 Å². The molecule has 0 atom stereocenters. The minimum Gasteiger partial charge on any atom is -0.478 e. The van der Waals surface area contributed by atoms with Crippen LogP contribution in [0.3, 0.4) is 0 Å². The summed E-state index contributed by atoms with van der Waals surface area (Å²) in [6.07, 6.45) is 0. The molecule has 6 nitrogen and oxygen atoms in total. The number of carbonyl (C=O) groups excluding carboxylic acids is 1. The van der Waals surface area contributed by atoms with Gasteiger partial charge < -0.3 is 20.4 Å². The smallest absolute Gasteiger partial charge is 0.335 e. The van der Waals surface area contributed by atoms with E-state index in [2.05, 4.69) is 5.32 Å². The van der Waals surface area contributed by atoms with Crippen LogP contribution in [-0.2, 0) is 0 Å². The lowest BCUT2D eigenvalue weighted by atomic mass is 10.1. The summed E-state index contributed by atoms with van der Waals surface area (Å²) in [6, 6.07) is 3.58. The van der Waals surface area contributed by atoms with Gasteiger partial charge in [-0.15, -0.1) is 0 Å². The molecular formula is C13H17ClN2O4. The van der Waals surface area contributed by atoms with E-state index in [0.29, 0.717) is 5.69 Å². The van der Waals surface area contributed by atoms with Gasteiger partial charge in [0.15, 0.2) is 0 Å². The zero-order chi connectivity index (χ0) is 15.5. The first-order valence-electron chi connectivity index (χ1n) is 5.87. The summed E-state index contributed by atoms with van der Waals surface area (Å²) in [5.41, 5.74) is -0.662. The van der Waals surface area contributed by atoms with Crippen molar-refractivity contribution in [2.45, 2.75) is 19.4 Å². The molecule has 2 amide bonds. The Bertz CT molecular complexity index is 526. The van der Waals surface area contributed by atoms with E-state index in [1.165, 1.54) is 30.1 Å². The SMILES string of the molecule is CN(CC(C)(C)O)C(=O)Nc1ccc(C(=O)O)cc1Cl. The zero-order valence-corrected chi connectivity index (χ0v) is 12.2. The third-order valence-electron chi connectivity index (χ3n) is 2.43. The number of hydrogen-bond donors (Lipinski definition) is 3.